The van der Waals surface area contributed by atoms with Crippen LogP contribution in [0.3, 0.4) is 0 Å². The first kappa shape index (κ1) is 26.9. The molecular formula is C25H37N3O4. The van der Waals surface area contributed by atoms with Gasteiger partial charge in [0.1, 0.15) is 18.2 Å². The van der Waals surface area contributed by atoms with Crippen molar-refractivity contribution in [1.29, 1.82) is 0 Å². The van der Waals surface area contributed by atoms with Gasteiger partial charge in [-0.3, -0.25) is 9.59 Å². The Morgan fingerprint density at radius 2 is 1.91 bits per heavy atom. The molecule has 2 unspecified atom stereocenters. The number of alkyl carbamates (subject to hydrolysis) is 1. The van der Waals surface area contributed by atoms with Crippen LogP contribution in [0.1, 0.15) is 64.6 Å². The topological polar surface area (TPSA) is 87.7 Å². The second-order valence-electron chi connectivity index (χ2n) is 8.67. The SMILES string of the molecule is C=CCN(C(=O)CNC(=O)OC(C)(C)C)C(C(=O)NC(C)CCC)c1cccc(C=C)c1. The number of ether oxygens (including phenoxy) is 1. The Labute approximate surface area is 191 Å². The van der Waals surface area contributed by atoms with Gasteiger partial charge in [-0.15, -0.1) is 6.58 Å². The van der Waals surface area contributed by atoms with Crippen LogP contribution in [0.15, 0.2) is 43.5 Å². The molecule has 0 aliphatic heterocycles. The van der Waals surface area contributed by atoms with Crippen LogP contribution in [0.5, 0.6) is 0 Å². The molecule has 2 N–H and O–H groups in total. The van der Waals surface area contributed by atoms with Crippen LogP contribution in [-0.4, -0.2) is 47.5 Å². The molecule has 32 heavy (non-hydrogen) atoms. The highest BCUT2D eigenvalue weighted by Gasteiger charge is 2.31. The van der Waals surface area contributed by atoms with Crippen molar-refractivity contribution in [2.75, 3.05) is 13.1 Å². The lowest BCUT2D eigenvalue weighted by Crippen LogP contribution is -2.49. The molecule has 2 atom stereocenters. The van der Waals surface area contributed by atoms with Crippen molar-refractivity contribution in [2.24, 2.45) is 0 Å². The maximum Gasteiger partial charge on any atom is 0.408 e. The average molecular weight is 444 g/mol. The lowest BCUT2D eigenvalue weighted by atomic mass is 10.0. The molecule has 7 heteroatoms. The number of hydrogen-bond donors (Lipinski definition) is 2. The number of rotatable bonds is 11. The Kier molecular flexibility index (Phi) is 10.7. The zero-order valence-corrected chi connectivity index (χ0v) is 19.9. The van der Waals surface area contributed by atoms with Crippen molar-refractivity contribution < 1.29 is 19.1 Å². The number of benzene rings is 1. The highest BCUT2D eigenvalue weighted by atomic mass is 16.6. The van der Waals surface area contributed by atoms with E-state index < -0.39 is 23.6 Å². The molecule has 0 fully saturated rings. The quantitative estimate of drug-likeness (QED) is 0.502. The summed E-state index contributed by atoms with van der Waals surface area (Å²) in [6.45, 7) is 16.5. The molecule has 0 aliphatic rings. The molecule has 0 heterocycles. The maximum atomic E-state index is 13.3. The number of amides is 3. The van der Waals surface area contributed by atoms with Crippen LogP contribution < -0.4 is 10.6 Å². The highest BCUT2D eigenvalue weighted by molar-refractivity contribution is 5.90. The van der Waals surface area contributed by atoms with Crippen molar-refractivity contribution in [3.8, 4) is 0 Å². The predicted molar refractivity (Wildman–Crippen MR) is 128 cm³/mol. The molecule has 0 saturated carbocycles. The number of nitrogens with one attached hydrogen (secondary N) is 2. The minimum absolute atomic E-state index is 0.0434. The molecule has 0 aromatic heterocycles. The molecule has 0 bridgehead atoms. The van der Waals surface area contributed by atoms with Crippen molar-refractivity contribution in [2.45, 2.75) is 65.1 Å². The fourth-order valence-corrected chi connectivity index (χ4v) is 3.21. The van der Waals surface area contributed by atoms with E-state index in [1.54, 1.807) is 39.0 Å². The summed E-state index contributed by atoms with van der Waals surface area (Å²) in [6, 6.07) is 6.38. The number of carbonyl (C=O) groups is 3. The van der Waals surface area contributed by atoms with Gasteiger partial charge in [0.05, 0.1) is 0 Å². The predicted octanol–water partition coefficient (Wildman–Crippen LogP) is 4.21. The molecule has 0 spiro atoms. The zero-order chi connectivity index (χ0) is 24.3. The third kappa shape index (κ3) is 8.96. The first-order chi connectivity index (χ1) is 15.0. The summed E-state index contributed by atoms with van der Waals surface area (Å²) in [5.74, 6) is -0.720. The summed E-state index contributed by atoms with van der Waals surface area (Å²) >= 11 is 0. The summed E-state index contributed by atoms with van der Waals surface area (Å²) in [4.78, 5) is 39.8. The molecular weight excluding hydrogens is 406 g/mol. The Hall–Kier alpha value is -3.09. The van der Waals surface area contributed by atoms with Gasteiger partial charge in [0.25, 0.3) is 0 Å². The minimum Gasteiger partial charge on any atom is -0.444 e. The van der Waals surface area contributed by atoms with Gasteiger partial charge in [-0.05, 0) is 51.3 Å². The Balaban J connectivity index is 3.20. The van der Waals surface area contributed by atoms with Gasteiger partial charge in [0.2, 0.25) is 11.8 Å². The van der Waals surface area contributed by atoms with Crippen LogP contribution in [0, 0.1) is 0 Å². The first-order valence-electron chi connectivity index (χ1n) is 10.9. The van der Waals surface area contributed by atoms with Gasteiger partial charge in [-0.1, -0.05) is 50.3 Å². The van der Waals surface area contributed by atoms with Crippen molar-refractivity contribution >= 4 is 24.0 Å². The third-order valence-corrected chi connectivity index (χ3v) is 4.56. The zero-order valence-electron chi connectivity index (χ0n) is 19.9. The largest absolute Gasteiger partial charge is 0.444 e. The summed E-state index contributed by atoms with van der Waals surface area (Å²) in [6.07, 6.45) is 4.28. The fraction of sp³-hybridized carbons (Fsp3) is 0.480. The summed E-state index contributed by atoms with van der Waals surface area (Å²) < 4.78 is 5.20. The van der Waals surface area contributed by atoms with Crippen LogP contribution in [0.4, 0.5) is 4.79 Å². The van der Waals surface area contributed by atoms with Gasteiger partial charge in [-0.25, -0.2) is 4.79 Å². The van der Waals surface area contributed by atoms with E-state index in [1.807, 2.05) is 32.0 Å². The van der Waals surface area contributed by atoms with E-state index in [9.17, 15) is 14.4 Å². The number of carbonyl (C=O) groups excluding carboxylic acids is 3. The van der Waals surface area contributed by atoms with Gasteiger partial charge < -0.3 is 20.3 Å². The van der Waals surface area contributed by atoms with E-state index in [4.69, 9.17) is 4.74 Å². The van der Waals surface area contributed by atoms with Crippen LogP contribution >= 0.6 is 0 Å². The van der Waals surface area contributed by atoms with E-state index in [1.165, 1.54) is 4.90 Å². The van der Waals surface area contributed by atoms with Crippen molar-refractivity contribution in [1.82, 2.24) is 15.5 Å². The molecule has 176 valence electrons. The monoisotopic (exact) mass is 443 g/mol. The molecule has 0 aliphatic carbocycles. The molecule has 7 nitrogen and oxygen atoms in total. The molecule has 1 aromatic rings. The van der Waals surface area contributed by atoms with Gasteiger partial charge >= 0.3 is 6.09 Å². The standard InChI is InChI=1S/C25H37N3O4/c1-8-12-18(4)27-23(30)22(20-14-11-13-19(10-3)16-20)28(15-9-2)21(29)17-26-24(31)32-25(5,6)7/h9-11,13-14,16,18,22H,2-3,8,12,15,17H2,1,4-7H3,(H,26,31)(H,27,30). The maximum absolute atomic E-state index is 13.3. The van der Waals surface area contributed by atoms with E-state index in [0.717, 1.165) is 18.4 Å². The third-order valence-electron chi connectivity index (χ3n) is 4.56. The number of nitrogens with zero attached hydrogens (tertiary/aromatic N) is 1. The molecule has 1 rings (SSSR count). The Morgan fingerprint density at radius 1 is 1.22 bits per heavy atom. The summed E-state index contributed by atoms with van der Waals surface area (Å²) in [7, 11) is 0. The second-order valence-corrected chi connectivity index (χ2v) is 8.67. The van der Waals surface area contributed by atoms with Crippen LogP contribution in [0.25, 0.3) is 6.08 Å². The van der Waals surface area contributed by atoms with E-state index in [-0.39, 0.29) is 25.0 Å². The number of hydrogen-bond acceptors (Lipinski definition) is 4. The van der Waals surface area contributed by atoms with E-state index >= 15 is 0 Å². The lowest BCUT2D eigenvalue weighted by molar-refractivity contribution is -0.139. The summed E-state index contributed by atoms with van der Waals surface area (Å²) in [5, 5.41) is 5.47. The Bertz CT molecular complexity index is 814. The first-order valence-corrected chi connectivity index (χ1v) is 10.9. The van der Waals surface area contributed by atoms with Crippen molar-refractivity contribution in [3.63, 3.8) is 0 Å². The average Bonchev–Trinajstić information content (AvgIpc) is 2.70. The highest BCUT2D eigenvalue weighted by Crippen LogP contribution is 2.23. The molecule has 3 amide bonds. The molecule has 0 saturated heterocycles. The minimum atomic E-state index is -0.889. The van der Waals surface area contributed by atoms with Gasteiger partial charge in [0, 0.05) is 12.6 Å². The summed E-state index contributed by atoms with van der Waals surface area (Å²) in [5.41, 5.74) is 0.799. The normalized spacial score (nSPS) is 12.8. The second kappa shape index (κ2) is 12.7. The van der Waals surface area contributed by atoms with Crippen molar-refractivity contribution in [3.05, 3.63) is 54.6 Å². The van der Waals surface area contributed by atoms with Gasteiger partial charge in [0.15, 0.2) is 0 Å². The van der Waals surface area contributed by atoms with Gasteiger partial charge in [-0.2, -0.15) is 0 Å². The van der Waals surface area contributed by atoms with Crippen LogP contribution in [-0.2, 0) is 14.3 Å². The molecule has 0 radical (unpaired) electrons. The fourth-order valence-electron chi connectivity index (χ4n) is 3.21. The smallest absolute Gasteiger partial charge is 0.408 e. The van der Waals surface area contributed by atoms with Crippen LogP contribution in [0.2, 0.25) is 0 Å². The lowest BCUT2D eigenvalue weighted by Gasteiger charge is -2.32. The Morgan fingerprint density at radius 3 is 2.47 bits per heavy atom. The van der Waals surface area contributed by atoms with E-state index in [2.05, 4.69) is 23.8 Å². The van der Waals surface area contributed by atoms with E-state index in [0.29, 0.717) is 5.56 Å². The molecule has 1 aromatic carbocycles.